The number of aromatic hydroxyl groups is 1. The molecule has 5 N–H and O–H groups in total. The number of halogens is 3. The van der Waals surface area contributed by atoms with E-state index in [0.717, 1.165) is 10.6 Å². The van der Waals surface area contributed by atoms with Gasteiger partial charge in [0.1, 0.15) is 23.6 Å². The topological polar surface area (TPSA) is 148 Å². The van der Waals surface area contributed by atoms with Crippen LogP contribution in [-0.2, 0) is 11.8 Å². The number of carbonyl (C=O) groups excluding carboxylic acids is 1. The van der Waals surface area contributed by atoms with E-state index in [2.05, 4.69) is 11.6 Å². The van der Waals surface area contributed by atoms with Gasteiger partial charge < -0.3 is 25.8 Å². The van der Waals surface area contributed by atoms with Crippen molar-refractivity contribution < 1.29 is 33.0 Å². The zero-order chi connectivity index (χ0) is 24.4. The smallest absolute Gasteiger partial charge is 0.431 e. The maximum atomic E-state index is 13.5. The number of hydrogen-bond donors (Lipinski definition) is 4. The van der Waals surface area contributed by atoms with Crippen molar-refractivity contribution in [1.29, 1.82) is 0 Å². The van der Waals surface area contributed by atoms with Gasteiger partial charge in [-0.05, 0) is 19.1 Å². The van der Waals surface area contributed by atoms with Gasteiger partial charge in [-0.25, -0.2) is 0 Å². The molecule has 32 heavy (non-hydrogen) atoms. The molecular weight excluding hydrogens is 433 g/mol. The Bertz CT molecular complexity index is 1300. The molecule has 0 radical (unpaired) electrons. The molecule has 12 heteroatoms. The van der Waals surface area contributed by atoms with Gasteiger partial charge in [-0.1, -0.05) is 12.6 Å². The Morgan fingerprint density at radius 2 is 2.00 bits per heavy atom. The van der Waals surface area contributed by atoms with Crippen molar-refractivity contribution in [1.82, 2.24) is 14.9 Å². The second kappa shape index (κ2) is 8.96. The highest BCUT2D eigenvalue weighted by atomic mass is 19.4. The van der Waals surface area contributed by atoms with E-state index in [1.807, 2.05) is 5.32 Å². The Labute approximate surface area is 178 Å². The van der Waals surface area contributed by atoms with Gasteiger partial charge in [-0.3, -0.25) is 19.4 Å². The van der Waals surface area contributed by atoms with Crippen LogP contribution in [0.1, 0.15) is 21.6 Å². The van der Waals surface area contributed by atoms with Crippen molar-refractivity contribution in [2.75, 3.05) is 6.54 Å². The standard InChI is InChI=1S/C20H19F3N4O5/c1-9-11(5-4-6-25-9)13(17(24)20(21,22)23)7-12-10(2)27(3)19(32)15(16(12)30)18(31)26-8-14(28)29/h4-7,30H,2,8,24H2,1,3H3,(H,26,31)(H,28,29)/b12-7+,17-13+. The molecule has 0 spiro atoms. The van der Waals surface area contributed by atoms with Gasteiger partial charge in [0.25, 0.3) is 11.5 Å². The summed E-state index contributed by atoms with van der Waals surface area (Å²) in [4.78, 5) is 39.4. The first kappa shape index (κ1) is 24.2. The highest BCUT2D eigenvalue weighted by molar-refractivity contribution is 5.99. The van der Waals surface area contributed by atoms with Crippen LogP contribution in [0.25, 0.3) is 18.2 Å². The van der Waals surface area contributed by atoms with Gasteiger partial charge in [0.15, 0.2) is 0 Å². The third-order valence-corrected chi connectivity index (χ3v) is 4.53. The third-order valence-electron chi connectivity index (χ3n) is 4.53. The second-order valence-corrected chi connectivity index (χ2v) is 6.63. The predicted octanol–water partition coefficient (Wildman–Crippen LogP) is -0.268. The van der Waals surface area contributed by atoms with Crippen LogP contribution < -0.4 is 27.2 Å². The van der Waals surface area contributed by atoms with E-state index in [9.17, 15) is 32.7 Å². The Kier molecular flexibility index (Phi) is 6.77. The number of rotatable bonds is 5. The van der Waals surface area contributed by atoms with Gasteiger partial charge in [-0.15, -0.1) is 0 Å². The number of aromatic nitrogens is 2. The minimum Gasteiger partial charge on any atom is -0.506 e. The van der Waals surface area contributed by atoms with E-state index >= 15 is 0 Å². The summed E-state index contributed by atoms with van der Waals surface area (Å²) in [6.45, 7) is 4.19. The number of aryl methyl sites for hydroxylation is 1. The van der Waals surface area contributed by atoms with Crippen LogP contribution in [0.4, 0.5) is 13.2 Å². The molecule has 2 heterocycles. The summed E-state index contributed by atoms with van der Waals surface area (Å²) in [5.41, 5.74) is 1.60. The van der Waals surface area contributed by atoms with Crippen LogP contribution >= 0.6 is 0 Å². The summed E-state index contributed by atoms with van der Waals surface area (Å²) >= 11 is 0. The van der Waals surface area contributed by atoms with Crippen LogP contribution in [0, 0.1) is 6.92 Å². The Morgan fingerprint density at radius 1 is 1.38 bits per heavy atom. The molecule has 0 aliphatic rings. The maximum absolute atomic E-state index is 13.5. The average Bonchev–Trinajstić information content (AvgIpc) is 2.70. The molecule has 9 nitrogen and oxygen atoms in total. The lowest BCUT2D eigenvalue weighted by molar-refractivity contribution is -0.135. The van der Waals surface area contributed by atoms with E-state index in [4.69, 9.17) is 10.8 Å². The van der Waals surface area contributed by atoms with Crippen molar-refractivity contribution in [3.05, 3.63) is 61.8 Å². The summed E-state index contributed by atoms with van der Waals surface area (Å²) in [5.74, 6) is -3.62. The fourth-order valence-corrected chi connectivity index (χ4v) is 2.81. The fourth-order valence-electron chi connectivity index (χ4n) is 2.81. The maximum Gasteiger partial charge on any atom is 0.431 e. The minimum absolute atomic E-state index is 0.00754. The van der Waals surface area contributed by atoms with Crippen molar-refractivity contribution in [2.24, 2.45) is 12.8 Å². The summed E-state index contributed by atoms with van der Waals surface area (Å²) in [5, 5.41) is 20.6. The first-order valence-corrected chi connectivity index (χ1v) is 8.88. The van der Waals surface area contributed by atoms with Crippen LogP contribution in [0.2, 0.25) is 0 Å². The lowest BCUT2D eigenvalue weighted by atomic mass is 10.00. The first-order valence-electron chi connectivity index (χ1n) is 8.88. The highest BCUT2D eigenvalue weighted by Crippen LogP contribution is 2.31. The zero-order valence-corrected chi connectivity index (χ0v) is 16.9. The average molecular weight is 452 g/mol. The fraction of sp³-hybridized carbons (Fsp3) is 0.200. The number of allylic oxidation sites excluding steroid dienone is 2. The van der Waals surface area contributed by atoms with E-state index in [-0.39, 0.29) is 16.6 Å². The molecule has 0 aliphatic carbocycles. The molecule has 0 bridgehead atoms. The number of carbonyl (C=O) groups is 2. The lowest BCUT2D eigenvalue weighted by Crippen LogP contribution is -2.46. The van der Waals surface area contributed by atoms with E-state index in [0.29, 0.717) is 0 Å². The lowest BCUT2D eigenvalue weighted by Gasteiger charge is -2.14. The Morgan fingerprint density at radius 3 is 2.53 bits per heavy atom. The number of carboxylic acids is 1. The first-order chi connectivity index (χ1) is 14.8. The van der Waals surface area contributed by atoms with Crippen molar-refractivity contribution in [3.8, 4) is 5.75 Å². The molecule has 2 aromatic heterocycles. The van der Waals surface area contributed by atoms with E-state index in [1.54, 1.807) is 0 Å². The minimum atomic E-state index is -4.95. The highest BCUT2D eigenvalue weighted by Gasteiger charge is 2.34. The molecule has 170 valence electrons. The Hall–Kier alpha value is -4.09. The summed E-state index contributed by atoms with van der Waals surface area (Å²) in [6.07, 6.45) is -2.74. The van der Waals surface area contributed by atoms with Gasteiger partial charge >= 0.3 is 12.1 Å². The van der Waals surface area contributed by atoms with E-state index < -0.39 is 58.0 Å². The second-order valence-electron chi connectivity index (χ2n) is 6.63. The molecule has 0 unspecified atom stereocenters. The van der Waals surface area contributed by atoms with Gasteiger partial charge in [0.05, 0.1) is 0 Å². The SMILES string of the molecule is C=c1/c(=C\C(=C(/N)C(F)(F)F)c2cccnc2C)c(O)c(C(=O)NCC(=O)O)c(=O)n1C. The molecule has 0 fully saturated rings. The molecule has 2 aromatic rings. The number of carboxylic acid groups (broad SMARTS) is 1. The molecule has 1 amide bonds. The predicted molar refractivity (Wildman–Crippen MR) is 109 cm³/mol. The summed E-state index contributed by atoms with van der Waals surface area (Å²) in [6, 6.07) is 2.71. The number of nitrogens with two attached hydrogens (primary N) is 1. The third kappa shape index (κ3) is 4.79. The number of alkyl halides is 3. The van der Waals surface area contributed by atoms with Gasteiger partial charge in [0.2, 0.25) is 0 Å². The van der Waals surface area contributed by atoms with Gasteiger partial charge in [0, 0.05) is 40.6 Å². The number of aliphatic carboxylic acids is 1. The zero-order valence-electron chi connectivity index (χ0n) is 16.9. The summed E-state index contributed by atoms with van der Waals surface area (Å²) in [7, 11) is 1.18. The number of nitrogens with one attached hydrogen (secondary N) is 1. The van der Waals surface area contributed by atoms with Crippen molar-refractivity contribution in [2.45, 2.75) is 13.1 Å². The monoisotopic (exact) mass is 452 g/mol. The number of hydrogen-bond acceptors (Lipinski definition) is 6. The molecule has 0 atom stereocenters. The number of amides is 1. The number of pyridine rings is 2. The quantitative estimate of drug-likeness (QED) is 0.488. The molecule has 0 aliphatic heterocycles. The van der Waals surface area contributed by atoms with Crippen LogP contribution in [0.5, 0.6) is 5.75 Å². The van der Waals surface area contributed by atoms with E-state index in [1.165, 1.54) is 32.3 Å². The molecule has 0 aromatic carbocycles. The number of nitrogens with zero attached hydrogens (tertiary/aromatic N) is 2. The normalized spacial score (nSPS) is 13.0. The van der Waals surface area contributed by atoms with Gasteiger partial charge in [-0.2, -0.15) is 13.2 Å². The van der Waals surface area contributed by atoms with Crippen LogP contribution in [0.3, 0.4) is 0 Å². The molecule has 2 rings (SSSR count). The van der Waals surface area contributed by atoms with Crippen LogP contribution in [0.15, 0.2) is 28.8 Å². The van der Waals surface area contributed by atoms with Crippen LogP contribution in [-0.4, -0.2) is 44.4 Å². The largest absolute Gasteiger partial charge is 0.506 e. The molecule has 0 saturated heterocycles. The van der Waals surface area contributed by atoms with Crippen molar-refractivity contribution >= 4 is 30.1 Å². The molecule has 0 saturated carbocycles. The molecular formula is C20H19F3N4O5. The van der Waals surface area contributed by atoms with Crippen molar-refractivity contribution in [3.63, 3.8) is 0 Å². The summed E-state index contributed by atoms with van der Waals surface area (Å²) < 4.78 is 41.2. The Balaban J connectivity index is 2.95.